The fourth-order valence-electron chi connectivity index (χ4n) is 2.29. The van der Waals surface area contributed by atoms with Crippen molar-refractivity contribution < 1.29 is 4.52 Å². The van der Waals surface area contributed by atoms with Crippen molar-refractivity contribution >= 4 is 11.6 Å². The third kappa shape index (κ3) is 4.83. The van der Waals surface area contributed by atoms with Gasteiger partial charge in [-0.3, -0.25) is 4.90 Å². The number of halogens is 1. The normalized spacial score (nSPS) is 11.5. The van der Waals surface area contributed by atoms with Crippen LogP contribution >= 0.6 is 11.6 Å². The van der Waals surface area contributed by atoms with Crippen molar-refractivity contribution in [1.29, 1.82) is 0 Å². The number of rotatable bonds is 7. The van der Waals surface area contributed by atoms with Crippen LogP contribution in [-0.4, -0.2) is 28.1 Å². The van der Waals surface area contributed by atoms with Gasteiger partial charge < -0.3 is 4.52 Å². The Morgan fingerprint density at radius 3 is 2.57 bits per heavy atom. The minimum atomic E-state index is 0.614. The number of hydrogen-bond acceptors (Lipinski definition) is 4. The smallest absolute Gasteiger partial charge is 0.241 e. The third-order valence-electron chi connectivity index (χ3n) is 3.09. The van der Waals surface area contributed by atoms with E-state index in [9.17, 15) is 0 Å². The summed E-state index contributed by atoms with van der Waals surface area (Å²) < 4.78 is 5.37. The molecule has 114 valence electrons. The molecule has 0 unspecified atom stereocenters. The van der Waals surface area contributed by atoms with Crippen LogP contribution in [0.3, 0.4) is 0 Å². The molecular weight excluding hydrogens is 286 g/mol. The Labute approximate surface area is 131 Å². The Bertz CT molecular complexity index is 551. The van der Waals surface area contributed by atoms with Crippen molar-refractivity contribution in [1.82, 2.24) is 15.0 Å². The minimum absolute atomic E-state index is 0.614. The van der Waals surface area contributed by atoms with Crippen LogP contribution in [0.15, 0.2) is 28.8 Å². The van der Waals surface area contributed by atoms with Gasteiger partial charge in [0.05, 0.1) is 6.54 Å². The molecule has 0 atom stereocenters. The van der Waals surface area contributed by atoms with E-state index in [2.05, 4.69) is 35.8 Å². The lowest BCUT2D eigenvalue weighted by Gasteiger charge is -2.21. The standard InChI is InChI=1S/C16H22ClN3O/c1-4-9-20(10-12(2)3)11-15-18-16(19-21-15)13-5-7-14(17)8-6-13/h5-8,12H,4,9-11H2,1-3H3. The van der Waals surface area contributed by atoms with E-state index in [0.29, 0.717) is 29.2 Å². The summed E-state index contributed by atoms with van der Waals surface area (Å²) in [5.74, 6) is 1.90. The van der Waals surface area contributed by atoms with Gasteiger partial charge in [0.25, 0.3) is 0 Å². The monoisotopic (exact) mass is 307 g/mol. The van der Waals surface area contributed by atoms with Gasteiger partial charge in [-0.25, -0.2) is 0 Å². The number of benzene rings is 1. The maximum absolute atomic E-state index is 5.89. The highest BCUT2D eigenvalue weighted by molar-refractivity contribution is 6.30. The first kappa shape index (κ1) is 16.0. The maximum Gasteiger partial charge on any atom is 0.241 e. The zero-order valence-corrected chi connectivity index (χ0v) is 13.6. The van der Waals surface area contributed by atoms with Crippen LogP contribution in [0.1, 0.15) is 33.1 Å². The van der Waals surface area contributed by atoms with Crippen molar-refractivity contribution in [2.24, 2.45) is 5.92 Å². The van der Waals surface area contributed by atoms with E-state index in [0.717, 1.165) is 25.1 Å². The van der Waals surface area contributed by atoms with Gasteiger partial charge in [0.1, 0.15) is 0 Å². The highest BCUT2D eigenvalue weighted by atomic mass is 35.5. The fraction of sp³-hybridized carbons (Fsp3) is 0.500. The van der Waals surface area contributed by atoms with E-state index in [1.165, 1.54) is 0 Å². The van der Waals surface area contributed by atoms with Crippen molar-refractivity contribution in [3.63, 3.8) is 0 Å². The third-order valence-corrected chi connectivity index (χ3v) is 3.34. The van der Waals surface area contributed by atoms with Crippen LogP contribution in [0.2, 0.25) is 5.02 Å². The van der Waals surface area contributed by atoms with E-state index in [1.807, 2.05) is 24.3 Å². The summed E-state index contributed by atoms with van der Waals surface area (Å²) in [5, 5.41) is 4.75. The molecule has 5 heteroatoms. The maximum atomic E-state index is 5.89. The summed E-state index contributed by atoms with van der Waals surface area (Å²) in [7, 11) is 0. The van der Waals surface area contributed by atoms with Gasteiger partial charge in [-0.2, -0.15) is 4.98 Å². The average Bonchev–Trinajstić information content (AvgIpc) is 2.87. The molecule has 0 aliphatic carbocycles. The molecule has 0 saturated carbocycles. The molecule has 21 heavy (non-hydrogen) atoms. The fourth-order valence-corrected chi connectivity index (χ4v) is 2.42. The molecule has 2 rings (SSSR count). The molecule has 1 heterocycles. The summed E-state index contributed by atoms with van der Waals surface area (Å²) in [6.45, 7) is 9.39. The lowest BCUT2D eigenvalue weighted by atomic mass is 10.2. The summed E-state index contributed by atoms with van der Waals surface area (Å²) >= 11 is 5.89. The van der Waals surface area contributed by atoms with E-state index in [-0.39, 0.29) is 0 Å². The number of nitrogens with zero attached hydrogens (tertiary/aromatic N) is 3. The van der Waals surface area contributed by atoms with Crippen molar-refractivity contribution in [2.45, 2.75) is 33.7 Å². The van der Waals surface area contributed by atoms with Crippen LogP contribution in [0.4, 0.5) is 0 Å². The molecule has 1 aromatic carbocycles. The second-order valence-corrected chi connectivity index (χ2v) is 6.08. The highest BCUT2D eigenvalue weighted by Crippen LogP contribution is 2.19. The first-order chi connectivity index (χ1) is 10.1. The molecule has 0 bridgehead atoms. The molecule has 0 aliphatic heterocycles. The van der Waals surface area contributed by atoms with Gasteiger partial charge in [0, 0.05) is 17.1 Å². The molecule has 0 saturated heterocycles. The van der Waals surface area contributed by atoms with Crippen LogP contribution in [0.25, 0.3) is 11.4 Å². The lowest BCUT2D eigenvalue weighted by Crippen LogP contribution is -2.28. The first-order valence-corrected chi connectivity index (χ1v) is 7.77. The van der Waals surface area contributed by atoms with Gasteiger partial charge in [0.15, 0.2) is 0 Å². The van der Waals surface area contributed by atoms with Gasteiger partial charge in [0.2, 0.25) is 11.7 Å². The van der Waals surface area contributed by atoms with E-state index < -0.39 is 0 Å². The molecule has 0 aliphatic rings. The van der Waals surface area contributed by atoms with Crippen molar-refractivity contribution in [3.8, 4) is 11.4 Å². The topological polar surface area (TPSA) is 42.2 Å². The van der Waals surface area contributed by atoms with E-state index in [1.54, 1.807) is 0 Å². The Morgan fingerprint density at radius 2 is 1.95 bits per heavy atom. The zero-order chi connectivity index (χ0) is 15.2. The molecule has 2 aromatic rings. The predicted octanol–water partition coefficient (Wildman–Crippen LogP) is 4.26. The van der Waals surface area contributed by atoms with Gasteiger partial charge in [-0.15, -0.1) is 0 Å². The summed E-state index contributed by atoms with van der Waals surface area (Å²) in [6, 6.07) is 7.45. The van der Waals surface area contributed by atoms with Crippen molar-refractivity contribution in [3.05, 3.63) is 35.2 Å². The lowest BCUT2D eigenvalue weighted by molar-refractivity contribution is 0.205. The molecule has 1 aromatic heterocycles. The highest BCUT2D eigenvalue weighted by Gasteiger charge is 2.13. The van der Waals surface area contributed by atoms with Crippen LogP contribution in [-0.2, 0) is 6.54 Å². The second kappa shape index (κ2) is 7.57. The quantitative estimate of drug-likeness (QED) is 0.766. The Balaban J connectivity index is 2.06. The Morgan fingerprint density at radius 1 is 1.24 bits per heavy atom. The second-order valence-electron chi connectivity index (χ2n) is 5.65. The van der Waals surface area contributed by atoms with Crippen LogP contribution in [0.5, 0.6) is 0 Å². The van der Waals surface area contributed by atoms with Crippen LogP contribution in [0, 0.1) is 5.92 Å². The van der Waals surface area contributed by atoms with E-state index in [4.69, 9.17) is 16.1 Å². The number of hydrogen-bond donors (Lipinski definition) is 0. The van der Waals surface area contributed by atoms with E-state index >= 15 is 0 Å². The molecular formula is C16H22ClN3O. The molecule has 0 fully saturated rings. The SMILES string of the molecule is CCCN(Cc1nc(-c2ccc(Cl)cc2)no1)CC(C)C. The Kier molecular flexibility index (Phi) is 5.76. The average molecular weight is 308 g/mol. The molecule has 0 radical (unpaired) electrons. The first-order valence-electron chi connectivity index (χ1n) is 7.39. The summed E-state index contributed by atoms with van der Waals surface area (Å²) in [5.41, 5.74) is 0.917. The largest absolute Gasteiger partial charge is 0.338 e. The van der Waals surface area contributed by atoms with Gasteiger partial charge in [-0.05, 0) is 43.1 Å². The Hall–Kier alpha value is -1.39. The zero-order valence-electron chi connectivity index (χ0n) is 12.8. The molecule has 0 N–H and O–H groups in total. The van der Waals surface area contributed by atoms with Crippen molar-refractivity contribution in [2.75, 3.05) is 13.1 Å². The van der Waals surface area contributed by atoms with Gasteiger partial charge >= 0.3 is 0 Å². The molecule has 4 nitrogen and oxygen atoms in total. The van der Waals surface area contributed by atoms with Crippen LogP contribution < -0.4 is 0 Å². The van der Waals surface area contributed by atoms with Gasteiger partial charge in [-0.1, -0.05) is 37.5 Å². The summed E-state index contributed by atoms with van der Waals surface area (Å²) in [6.07, 6.45) is 1.12. The molecule has 0 spiro atoms. The predicted molar refractivity (Wildman–Crippen MR) is 85.2 cm³/mol. The summed E-state index contributed by atoms with van der Waals surface area (Å²) in [4.78, 5) is 6.83. The molecule has 0 amide bonds. The number of aromatic nitrogens is 2. The minimum Gasteiger partial charge on any atom is -0.338 e.